The molecular formula is C23H28FN5O3. The minimum absolute atomic E-state index is 0.213. The minimum Gasteiger partial charge on any atom is -0.365 e. The van der Waals surface area contributed by atoms with Crippen LogP contribution in [0.1, 0.15) is 36.9 Å². The predicted octanol–water partition coefficient (Wildman–Crippen LogP) is 2.89. The van der Waals surface area contributed by atoms with E-state index in [-0.39, 0.29) is 24.1 Å². The summed E-state index contributed by atoms with van der Waals surface area (Å²) in [5.74, 6) is 0.1000. The van der Waals surface area contributed by atoms with E-state index in [1.165, 1.54) is 18.2 Å². The molecule has 2 N–H and O–H groups in total. The molecule has 2 aliphatic heterocycles. The Morgan fingerprint density at radius 3 is 2.84 bits per heavy atom. The van der Waals surface area contributed by atoms with E-state index in [4.69, 9.17) is 9.57 Å². The molecule has 0 saturated carbocycles. The zero-order valence-electron chi connectivity index (χ0n) is 17.9. The lowest BCUT2D eigenvalue weighted by Gasteiger charge is -2.21. The third-order valence-electron chi connectivity index (χ3n) is 5.45. The maximum atomic E-state index is 13.1. The average Bonchev–Trinajstić information content (AvgIpc) is 3.26. The van der Waals surface area contributed by atoms with Crippen molar-refractivity contribution in [2.45, 2.75) is 44.6 Å². The first-order valence-corrected chi connectivity index (χ1v) is 10.9. The number of ether oxygens (including phenoxy) is 1. The number of nitrogens with zero attached hydrogens (tertiary/aromatic N) is 3. The van der Waals surface area contributed by atoms with Crippen LogP contribution in [0.25, 0.3) is 6.08 Å². The Morgan fingerprint density at radius 2 is 2.09 bits per heavy atom. The monoisotopic (exact) mass is 441 g/mol. The smallest absolute Gasteiger partial charge is 0.267 e. The number of hydrogen-bond donors (Lipinski definition) is 2. The lowest BCUT2D eigenvalue weighted by molar-refractivity contribution is -0.198. The van der Waals surface area contributed by atoms with Crippen LogP contribution in [0, 0.1) is 5.82 Å². The van der Waals surface area contributed by atoms with Crippen molar-refractivity contribution in [3.63, 3.8) is 0 Å². The van der Waals surface area contributed by atoms with E-state index in [1.54, 1.807) is 18.5 Å². The number of nitrogens with one attached hydrogen (secondary N) is 2. The second-order valence-electron chi connectivity index (χ2n) is 8.03. The van der Waals surface area contributed by atoms with E-state index in [1.807, 2.05) is 12.1 Å². The fraction of sp³-hybridized carbons (Fsp3) is 0.435. The summed E-state index contributed by atoms with van der Waals surface area (Å²) in [6.07, 6.45) is 9.64. The van der Waals surface area contributed by atoms with Crippen molar-refractivity contribution in [2.75, 3.05) is 25.0 Å². The van der Waals surface area contributed by atoms with Gasteiger partial charge in [-0.05, 0) is 43.0 Å². The summed E-state index contributed by atoms with van der Waals surface area (Å²) in [7, 11) is 0. The molecule has 8 nitrogen and oxygen atoms in total. The molecule has 2 fully saturated rings. The number of hydrogen-bond acceptors (Lipinski definition) is 7. The molecule has 2 aliphatic rings. The van der Waals surface area contributed by atoms with Gasteiger partial charge >= 0.3 is 0 Å². The van der Waals surface area contributed by atoms with Crippen LogP contribution in [0.15, 0.2) is 42.7 Å². The van der Waals surface area contributed by atoms with Crippen molar-refractivity contribution in [3.05, 3.63) is 59.8 Å². The van der Waals surface area contributed by atoms with Gasteiger partial charge in [0.2, 0.25) is 0 Å². The molecule has 170 valence electrons. The molecule has 9 heteroatoms. The highest BCUT2D eigenvalue weighted by molar-refractivity contribution is 5.90. The molecule has 0 radical (unpaired) electrons. The number of aromatic nitrogens is 2. The van der Waals surface area contributed by atoms with Gasteiger partial charge in [0.1, 0.15) is 11.6 Å². The molecule has 1 aromatic heterocycles. The normalized spacial score (nSPS) is 21.7. The number of halogens is 1. The largest absolute Gasteiger partial charge is 0.365 e. The van der Waals surface area contributed by atoms with Crippen LogP contribution < -0.4 is 10.8 Å². The number of hydroxylamine groups is 1. The van der Waals surface area contributed by atoms with Crippen LogP contribution in [-0.2, 0) is 20.9 Å². The highest BCUT2D eigenvalue weighted by atomic mass is 19.1. The van der Waals surface area contributed by atoms with Crippen LogP contribution >= 0.6 is 0 Å². The molecular weight excluding hydrogens is 413 g/mol. The van der Waals surface area contributed by atoms with E-state index >= 15 is 0 Å². The first-order chi connectivity index (χ1) is 15.6. The van der Waals surface area contributed by atoms with Gasteiger partial charge in [-0.1, -0.05) is 12.1 Å². The first-order valence-electron chi connectivity index (χ1n) is 10.9. The van der Waals surface area contributed by atoms with Gasteiger partial charge in [-0.3, -0.25) is 14.7 Å². The summed E-state index contributed by atoms with van der Waals surface area (Å²) in [5.41, 5.74) is 4.05. The summed E-state index contributed by atoms with van der Waals surface area (Å²) < 4.78 is 18.4. The molecule has 1 aromatic carbocycles. The molecule has 0 spiro atoms. The Balaban J connectivity index is 1.19. The van der Waals surface area contributed by atoms with Gasteiger partial charge in [-0.25, -0.2) is 19.7 Å². The summed E-state index contributed by atoms with van der Waals surface area (Å²) in [6, 6.07) is 6.91. The predicted molar refractivity (Wildman–Crippen MR) is 118 cm³/mol. The number of carbonyl (C=O) groups excluding carboxylic acids is 1. The second kappa shape index (κ2) is 11.1. The first kappa shape index (κ1) is 22.3. The summed E-state index contributed by atoms with van der Waals surface area (Å²) in [5, 5.41) is 3.40. The average molecular weight is 442 g/mol. The van der Waals surface area contributed by atoms with E-state index in [2.05, 4.69) is 25.7 Å². The SMILES string of the molecule is O=C(C=Cc1cnc(N[C@@H]2CCN(Cc3ccc(F)cc3)C2)cn1)NOC1CCCCO1. The van der Waals surface area contributed by atoms with Crippen molar-refractivity contribution in [1.82, 2.24) is 20.3 Å². The van der Waals surface area contributed by atoms with Gasteiger partial charge in [-0.2, -0.15) is 0 Å². The van der Waals surface area contributed by atoms with Crippen LogP contribution in [0.5, 0.6) is 0 Å². The topological polar surface area (TPSA) is 88.6 Å². The van der Waals surface area contributed by atoms with Crippen LogP contribution in [-0.4, -0.2) is 52.8 Å². The van der Waals surface area contributed by atoms with Crippen molar-refractivity contribution in [3.8, 4) is 0 Å². The van der Waals surface area contributed by atoms with E-state index in [0.29, 0.717) is 18.1 Å². The van der Waals surface area contributed by atoms with E-state index in [0.717, 1.165) is 50.9 Å². The fourth-order valence-electron chi connectivity index (χ4n) is 3.77. The third kappa shape index (κ3) is 6.81. The standard InChI is InChI=1S/C23H28FN5O3/c24-18-6-4-17(5-7-18)15-29-11-10-20(16-29)27-21-14-25-19(13-26-21)8-9-22(30)28-32-23-3-1-2-12-31-23/h4-9,13-14,20,23H,1-3,10-12,15-16H2,(H,26,27)(H,28,30)/t20-,23?/m1/s1. The summed E-state index contributed by atoms with van der Waals surface area (Å²) >= 11 is 0. The maximum absolute atomic E-state index is 13.1. The van der Waals surface area contributed by atoms with Crippen LogP contribution in [0.3, 0.4) is 0 Å². The van der Waals surface area contributed by atoms with Crippen LogP contribution in [0.2, 0.25) is 0 Å². The number of benzene rings is 1. The zero-order valence-corrected chi connectivity index (χ0v) is 17.9. The summed E-state index contributed by atoms with van der Waals surface area (Å²) in [4.78, 5) is 28.2. The molecule has 4 rings (SSSR count). The van der Waals surface area contributed by atoms with Gasteiger partial charge in [0.15, 0.2) is 6.29 Å². The molecule has 0 bridgehead atoms. The van der Waals surface area contributed by atoms with Gasteiger partial charge in [0.05, 0.1) is 18.1 Å². The van der Waals surface area contributed by atoms with Gasteiger partial charge in [-0.15, -0.1) is 0 Å². The Bertz CT molecular complexity index is 901. The Kier molecular flexibility index (Phi) is 7.76. The van der Waals surface area contributed by atoms with E-state index < -0.39 is 0 Å². The Hall–Kier alpha value is -2.88. The lowest BCUT2D eigenvalue weighted by Crippen LogP contribution is -2.32. The number of rotatable bonds is 8. The number of carbonyl (C=O) groups is 1. The van der Waals surface area contributed by atoms with Crippen molar-refractivity contribution in [1.29, 1.82) is 0 Å². The van der Waals surface area contributed by atoms with Crippen LogP contribution in [0.4, 0.5) is 10.2 Å². The number of likely N-dealkylation sites (tertiary alicyclic amines) is 1. The molecule has 3 heterocycles. The maximum Gasteiger partial charge on any atom is 0.267 e. The lowest BCUT2D eigenvalue weighted by atomic mass is 10.2. The molecule has 32 heavy (non-hydrogen) atoms. The van der Waals surface area contributed by atoms with Gasteiger partial charge < -0.3 is 10.1 Å². The quantitative estimate of drug-likeness (QED) is 0.481. The van der Waals surface area contributed by atoms with Gasteiger partial charge in [0.25, 0.3) is 5.91 Å². The second-order valence-corrected chi connectivity index (χ2v) is 8.03. The Labute approximate surface area is 186 Å². The van der Waals surface area contributed by atoms with Crippen molar-refractivity contribution >= 4 is 17.8 Å². The third-order valence-corrected chi connectivity index (χ3v) is 5.45. The molecule has 2 aromatic rings. The Morgan fingerprint density at radius 1 is 1.22 bits per heavy atom. The number of amides is 1. The zero-order chi connectivity index (χ0) is 22.2. The fourth-order valence-corrected chi connectivity index (χ4v) is 3.77. The van der Waals surface area contributed by atoms with E-state index in [9.17, 15) is 9.18 Å². The molecule has 0 aliphatic carbocycles. The number of anilines is 1. The molecule has 1 amide bonds. The summed E-state index contributed by atoms with van der Waals surface area (Å²) in [6.45, 7) is 3.30. The molecule has 1 unspecified atom stereocenters. The highest BCUT2D eigenvalue weighted by Crippen LogP contribution is 2.17. The van der Waals surface area contributed by atoms with Crippen molar-refractivity contribution < 1.29 is 18.8 Å². The highest BCUT2D eigenvalue weighted by Gasteiger charge is 2.22. The van der Waals surface area contributed by atoms with Crippen molar-refractivity contribution in [2.24, 2.45) is 0 Å². The molecule has 2 atom stereocenters. The molecule has 2 saturated heterocycles. The minimum atomic E-state index is -0.381. The van der Waals surface area contributed by atoms with Gasteiger partial charge in [0, 0.05) is 44.8 Å².